The van der Waals surface area contributed by atoms with Crippen molar-refractivity contribution in [1.29, 1.82) is 0 Å². The number of aliphatic hydroxyl groups is 1. The monoisotopic (exact) mass is 473 g/mol. The van der Waals surface area contributed by atoms with Gasteiger partial charge in [0.05, 0.1) is 29.8 Å². The Morgan fingerprint density at radius 3 is 2.32 bits per heavy atom. The van der Waals surface area contributed by atoms with E-state index in [1.807, 2.05) is 0 Å². The number of aromatic nitrogens is 7. The van der Waals surface area contributed by atoms with E-state index in [1.165, 1.54) is 31.2 Å². The van der Waals surface area contributed by atoms with Crippen LogP contribution in [0.3, 0.4) is 0 Å². The summed E-state index contributed by atoms with van der Waals surface area (Å²) in [6.07, 6.45) is 5.66. The molecule has 12 heteroatoms. The first-order valence-corrected chi connectivity index (χ1v) is 10.2. The van der Waals surface area contributed by atoms with Crippen LogP contribution in [0.1, 0.15) is 48.3 Å². The van der Waals surface area contributed by atoms with E-state index < -0.39 is 40.7 Å². The first-order valence-electron chi connectivity index (χ1n) is 10.2. The van der Waals surface area contributed by atoms with Crippen molar-refractivity contribution in [3.05, 3.63) is 95.6 Å². The smallest absolute Gasteiger partial charge is 0.167 e. The van der Waals surface area contributed by atoms with Crippen molar-refractivity contribution in [3.8, 4) is 0 Å². The van der Waals surface area contributed by atoms with E-state index in [4.69, 9.17) is 0 Å². The standard InChI is InChI=1S/C22H19F4N7O/c1-12(19-17(25)6-27-8-29-19)20-18(26)21(31-10-30-20)13(2)22(34,7-33-11-28-9-32-33)15-4-3-14(23)5-16(15)24/h3-6,8-13,34H,7H2,1-2H3/t12-,13+,22-/m1/s1. The molecule has 1 aromatic carbocycles. The minimum Gasteiger partial charge on any atom is -0.382 e. The molecule has 0 unspecified atom stereocenters. The molecule has 0 aliphatic heterocycles. The summed E-state index contributed by atoms with van der Waals surface area (Å²) in [5.74, 6) is -5.61. The molecule has 3 heterocycles. The molecule has 0 amide bonds. The van der Waals surface area contributed by atoms with Crippen molar-refractivity contribution in [3.63, 3.8) is 0 Å². The second-order valence-electron chi connectivity index (χ2n) is 7.80. The van der Waals surface area contributed by atoms with Crippen LogP contribution in [-0.4, -0.2) is 39.8 Å². The van der Waals surface area contributed by atoms with Gasteiger partial charge < -0.3 is 5.11 Å². The predicted octanol–water partition coefficient (Wildman–Crippen LogP) is 3.26. The summed E-state index contributed by atoms with van der Waals surface area (Å²) in [4.78, 5) is 19.2. The van der Waals surface area contributed by atoms with Crippen molar-refractivity contribution < 1.29 is 22.7 Å². The normalized spacial score (nSPS) is 15.0. The summed E-state index contributed by atoms with van der Waals surface area (Å²) in [6, 6.07) is 2.69. The second-order valence-corrected chi connectivity index (χ2v) is 7.80. The average Bonchev–Trinajstić information content (AvgIpc) is 3.31. The number of nitrogens with zero attached hydrogens (tertiary/aromatic N) is 7. The molecule has 0 saturated carbocycles. The number of rotatable bonds is 7. The van der Waals surface area contributed by atoms with Crippen molar-refractivity contribution in [2.75, 3.05) is 0 Å². The lowest BCUT2D eigenvalue weighted by atomic mass is 9.79. The molecule has 0 aliphatic rings. The van der Waals surface area contributed by atoms with Crippen molar-refractivity contribution >= 4 is 0 Å². The molecule has 3 aromatic heterocycles. The van der Waals surface area contributed by atoms with Crippen LogP contribution in [0, 0.1) is 23.3 Å². The molecule has 0 bridgehead atoms. The molecule has 0 saturated heterocycles. The topological polar surface area (TPSA) is 102 Å². The Morgan fingerprint density at radius 1 is 0.912 bits per heavy atom. The van der Waals surface area contributed by atoms with Crippen LogP contribution >= 0.6 is 0 Å². The quantitative estimate of drug-likeness (QED) is 0.411. The number of benzene rings is 1. The minimum absolute atomic E-state index is 0.0753. The zero-order valence-corrected chi connectivity index (χ0v) is 18.1. The summed E-state index contributed by atoms with van der Waals surface area (Å²) in [6.45, 7) is 2.60. The Hall–Kier alpha value is -3.80. The summed E-state index contributed by atoms with van der Waals surface area (Å²) < 4.78 is 59.5. The number of hydrogen-bond donors (Lipinski definition) is 1. The van der Waals surface area contributed by atoms with Crippen LogP contribution in [-0.2, 0) is 12.1 Å². The van der Waals surface area contributed by atoms with E-state index in [0.29, 0.717) is 6.07 Å². The highest BCUT2D eigenvalue weighted by atomic mass is 19.1. The lowest BCUT2D eigenvalue weighted by molar-refractivity contribution is -0.0134. The van der Waals surface area contributed by atoms with Crippen molar-refractivity contribution in [2.24, 2.45) is 0 Å². The Bertz CT molecular complexity index is 1300. The van der Waals surface area contributed by atoms with Gasteiger partial charge in [-0.1, -0.05) is 19.9 Å². The maximum atomic E-state index is 15.7. The molecule has 0 fully saturated rings. The molecule has 4 rings (SSSR count). The SMILES string of the molecule is C[C@H](c1ncncc1F)c1ncnc([C@H](C)[C@](O)(Cn2cncn2)c2ccc(F)cc2F)c1F. The van der Waals surface area contributed by atoms with Gasteiger partial charge in [-0.3, -0.25) is 0 Å². The zero-order valence-electron chi connectivity index (χ0n) is 18.1. The molecular formula is C22H19F4N7O. The third-order valence-corrected chi connectivity index (χ3v) is 5.75. The predicted molar refractivity (Wildman–Crippen MR) is 110 cm³/mol. The molecule has 4 aromatic rings. The molecule has 34 heavy (non-hydrogen) atoms. The van der Waals surface area contributed by atoms with Gasteiger partial charge in [0.2, 0.25) is 0 Å². The van der Waals surface area contributed by atoms with Gasteiger partial charge in [-0.15, -0.1) is 0 Å². The van der Waals surface area contributed by atoms with E-state index in [-0.39, 0.29) is 29.2 Å². The molecule has 8 nitrogen and oxygen atoms in total. The van der Waals surface area contributed by atoms with Crippen LogP contribution in [0.5, 0.6) is 0 Å². The van der Waals surface area contributed by atoms with Crippen LogP contribution in [0.4, 0.5) is 17.6 Å². The third kappa shape index (κ3) is 4.23. The Balaban J connectivity index is 1.81. The van der Waals surface area contributed by atoms with E-state index >= 15 is 4.39 Å². The van der Waals surface area contributed by atoms with Crippen LogP contribution in [0.2, 0.25) is 0 Å². The number of halogens is 4. The van der Waals surface area contributed by atoms with Crippen LogP contribution < -0.4 is 0 Å². The van der Waals surface area contributed by atoms with Crippen molar-refractivity contribution in [2.45, 2.75) is 37.8 Å². The molecule has 3 atom stereocenters. The fourth-order valence-electron chi connectivity index (χ4n) is 3.86. The molecule has 0 radical (unpaired) electrons. The van der Waals surface area contributed by atoms with Gasteiger partial charge in [-0.25, -0.2) is 47.2 Å². The van der Waals surface area contributed by atoms with Gasteiger partial charge in [0, 0.05) is 23.5 Å². The Kier molecular flexibility index (Phi) is 6.33. The summed E-state index contributed by atoms with van der Waals surface area (Å²) in [5, 5.41) is 15.6. The zero-order chi connectivity index (χ0) is 24.5. The maximum Gasteiger partial charge on any atom is 0.167 e. The summed E-state index contributed by atoms with van der Waals surface area (Å²) in [5.41, 5.74) is -2.91. The largest absolute Gasteiger partial charge is 0.382 e. The van der Waals surface area contributed by atoms with Gasteiger partial charge >= 0.3 is 0 Å². The molecule has 0 aliphatic carbocycles. The lowest BCUT2D eigenvalue weighted by Crippen LogP contribution is -2.39. The number of hydrogen-bond acceptors (Lipinski definition) is 7. The first kappa shape index (κ1) is 23.4. The van der Waals surface area contributed by atoms with Gasteiger partial charge in [0.25, 0.3) is 0 Å². The van der Waals surface area contributed by atoms with Crippen LogP contribution in [0.25, 0.3) is 0 Å². The van der Waals surface area contributed by atoms with Gasteiger partial charge in [0.15, 0.2) is 11.6 Å². The van der Waals surface area contributed by atoms with E-state index in [9.17, 15) is 18.3 Å². The van der Waals surface area contributed by atoms with Gasteiger partial charge in [-0.05, 0) is 6.07 Å². The van der Waals surface area contributed by atoms with Crippen molar-refractivity contribution in [1.82, 2.24) is 34.7 Å². The maximum absolute atomic E-state index is 15.7. The van der Waals surface area contributed by atoms with E-state index in [1.54, 1.807) is 0 Å². The second kappa shape index (κ2) is 9.21. The van der Waals surface area contributed by atoms with Gasteiger partial charge in [-0.2, -0.15) is 5.10 Å². The summed E-state index contributed by atoms with van der Waals surface area (Å²) in [7, 11) is 0. The fraction of sp³-hybridized carbons (Fsp3) is 0.273. The lowest BCUT2D eigenvalue weighted by Gasteiger charge is -2.34. The average molecular weight is 473 g/mol. The highest BCUT2D eigenvalue weighted by molar-refractivity contribution is 5.32. The summed E-state index contributed by atoms with van der Waals surface area (Å²) >= 11 is 0. The minimum atomic E-state index is -2.12. The van der Waals surface area contributed by atoms with E-state index in [0.717, 1.165) is 31.0 Å². The molecular weight excluding hydrogens is 454 g/mol. The molecule has 1 N–H and O–H groups in total. The fourth-order valence-corrected chi connectivity index (χ4v) is 3.86. The Morgan fingerprint density at radius 2 is 1.65 bits per heavy atom. The molecule has 0 spiro atoms. The van der Waals surface area contributed by atoms with Crippen LogP contribution in [0.15, 0.2) is 49.7 Å². The third-order valence-electron chi connectivity index (χ3n) is 5.75. The van der Waals surface area contributed by atoms with Gasteiger partial charge in [0.1, 0.15) is 42.5 Å². The first-order chi connectivity index (χ1) is 16.2. The Labute approximate surface area is 191 Å². The molecule has 176 valence electrons. The van der Waals surface area contributed by atoms with E-state index in [2.05, 4.69) is 30.0 Å². The highest BCUT2D eigenvalue weighted by Gasteiger charge is 2.42. The highest BCUT2D eigenvalue weighted by Crippen LogP contribution is 2.40.